The van der Waals surface area contributed by atoms with E-state index in [1.807, 2.05) is 45.0 Å². The summed E-state index contributed by atoms with van der Waals surface area (Å²) in [6.45, 7) is 7.44. The molecule has 0 saturated heterocycles. The van der Waals surface area contributed by atoms with Crippen molar-refractivity contribution in [2.45, 2.75) is 51.6 Å². The highest BCUT2D eigenvalue weighted by Gasteiger charge is 2.34. The molecule has 3 aromatic carbocycles. The second-order valence-electron chi connectivity index (χ2n) is 9.08. The molecule has 2 amide bonds. The molecule has 7 nitrogen and oxygen atoms in total. The number of amides is 2. The smallest absolute Gasteiger partial charge is 0.264 e. The molecule has 202 valence electrons. The van der Waals surface area contributed by atoms with E-state index >= 15 is 0 Å². The molecule has 0 aromatic heterocycles. The van der Waals surface area contributed by atoms with Crippen LogP contribution in [0, 0.1) is 13.8 Å². The molecule has 0 saturated carbocycles. The van der Waals surface area contributed by atoms with Crippen molar-refractivity contribution < 1.29 is 18.0 Å². The first-order chi connectivity index (χ1) is 18.1. The van der Waals surface area contributed by atoms with Crippen LogP contribution >= 0.6 is 11.6 Å². The Morgan fingerprint density at radius 1 is 0.947 bits per heavy atom. The van der Waals surface area contributed by atoms with E-state index in [0.29, 0.717) is 29.2 Å². The number of sulfonamides is 1. The van der Waals surface area contributed by atoms with Crippen molar-refractivity contribution in [2.24, 2.45) is 0 Å². The highest BCUT2D eigenvalue weighted by atomic mass is 35.5. The fraction of sp³-hybridized carbons (Fsp3) is 0.310. The van der Waals surface area contributed by atoms with Crippen molar-refractivity contribution in [3.05, 3.63) is 94.5 Å². The monoisotopic (exact) mass is 555 g/mol. The van der Waals surface area contributed by atoms with E-state index < -0.39 is 28.5 Å². The van der Waals surface area contributed by atoms with Crippen LogP contribution in [0.3, 0.4) is 0 Å². The Kier molecular flexibility index (Phi) is 9.94. The van der Waals surface area contributed by atoms with Gasteiger partial charge < -0.3 is 10.2 Å². The summed E-state index contributed by atoms with van der Waals surface area (Å²) in [5, 5.41) is 3.26. The summed E-state index contributed by atoms with van der Waals surface area (Å²) < 4.78 is 28.8. The molecule has 0 spiro atoms. The molecule has 0 aliphatic rings. The van der Waals surface area contributed by atoms with Crippen LogP contribution in [0.1, 0.15) is 37.0 Å². The number of carbonyl (C=O) groups is 2. The van der Waals surface area contributed by atoms with Gasteiger partial charge in [-0.15, -0.1) is 0 Å². The van der Waals surface area contributed by atoms with Gasteiger partial charge in [-0.05, 0) is 68.7 Å². The van der Waals surface area contributed by atoms with Gasteiger partial charge in [0, 0.05) is 18.1 Å². The van der Waals surface area contributed by atoms with E-state index in [4.69, 9.17) is 11.6 Å². The molecular formula is C29H34ClN3O4S. The van der Waals surface area contributed by atoms with E-state index in [0.717, 1.165) is 15.4 Å². The van der Waals surface area contributed by atoms with Gasteiger partial charge in [-0.3, -0.25) is 13.9 Å². The van der Waals surface area contributed by atoms with Crippen LogP contribution < -0.4 is 9.62 Å². The number of benzene rings is 3. The molecule has 0 bridgehead atoms. The van der Waals surface area contributed by atoms with Crippen LogP contribution in [0.25, 0.3) is 0 Å². The highest BCUT2D eigenvalue weighted by molar-refractivity contribution is 7.92. The molecule has 3 rings (SSSR count). The van der Waals surface area contributed by atoms with Gasteiger partial charge in [0.25, 0.3) is 10.0 Å². The Morgan fingerprint density at radius 2 is 1.66 bits per heavy atom. The van der Waals surface area contributed by atoms with Gasteiger partial charge in [-0.2, -0.15) is 0 Å². The van der Waals surface area contributed by atoms with Crippen molar-refractivity contribution in [1.29, 1.82) is 0 Å². The molecule has 0 radical (unpaired) electrons. The molecule has 0 aliphatic carbocycles. The first-order valence-electron chi connectivity index (χ1n) is 12.5. The topological polar surface area (TPSA) is 86.8 Å². The van der Waals surface area contributed by atoms with Gasteiger partial charge in [0.05, 0.1) is 10.6 Å². The predicted octanol–water partition coefficient (Wildman–Crippen LogP) is 5.10. The minimum Gasteiger partial charge on any atom is -0.355 e. The van der Waals surface area contributed by atoms with Gasteiger partial charge in [0.1, 0.15) is 12.6 Å². The maximum absolute atomic E-state index is 14.0. The lowest BCUT2D eigenvalue weighted by Gasteiger charge is -2.33. The quantitative estimate of drug-likeness (QED) is 0.357. The van der Waals surface area contributed by atoms with E-state index in [2.05, 4.69) is 5.32 Å². The Labute approximate surface area is 230 Å². The van der Waals surface area contributed by atoms with Gasteiger partial charge in [-0.25, -0.2) is 8.42 Å². The molecule has 9 heteroatoms. The number of halogens is 1. The Balaban J connectivity index is 2.08. The third-order valence-corrected chi connectivity index (χ3v) is 8.22. The number of likely N-dealkylation sites (N-methyl/N-ethyl adjacent to an activating group) is 1. The third kappa shape index (κ3) is 6.94. The minimum absolute atomic E-state index is 0.0585. The van der Waals surface area contributed by atoms with Crippen molar-refractivity contribution in [3.63, 3.8) is 0 Å². The fourth-order valence-electron chi connectivity index (χ4n) is 4.35. The summed E-state index contributed by atoms with van der Waals surface area (Å²) in [4.78, 5) is 28.5. The standard InChI is InChI=1S/C29H34ClN3O4S/c1-5-26(29(35)31-6-2)32(19-23-12-10-11-21(3)17-23)28(34)20-33(27-16-15-24(30)18-22(27)4)38(36,37)25-13-8-7-9-14-25/h7-18,26H,5-6,19-20H2,1-4H3,(H,31,35). The summed E-state index contributed by atoms with van der Waals surface area (Å²) >= 11 is 6.15. The predicted molar refractivity (Wildman–Crippen MR) is 152 cm³/mol. The number of rotatable bonds is 11. The lowest BCUT2D eigenvalue weighted by molar-refractivity contribution is -0.140. The summed E-state index contributed by atoms with van der Waals surface area (Å²) in [6, 6.07) is 19.7. The third-order valence-electron chi connectivity index (χ3n) is 6.21. The summed E-state index contributed by atoms with van der Waals surface area (Å²) in [7, 11) is -4.12. The number of hydrogen-bond acceptors (Lipinski definition) is 4. The molecule has 1 N–H and O–H groups in total. The van der Waals surface area contributed by atoms with Gasteiger partial charge in [-0.1, -0.05) is 66.6 Å². The molecule has 1 unspecified atom stereocenters. The summed E-state index contributed by atoms with van der Waals surface area (Å²) in [6.07, 6.45) is 0.370. The van der Waals surface area contributed by atoms with Gasteiger partial charge >= 0.3 is 0 Å². The lowest BCUT2D eigenvalue weighted by Crippen LogP contribution is -2.52. The molecule has 0 heterocycles. The van der Waals surface area contributed by atoms with Crippen LogP contribution in [-0.2, 0) is 26.2 Å². The molecule has 38 heavy (non-hydrogen) atoms. The summed E-state index contributed by atoms with van der Waals surface area (Å²) in [5.74, 6) is -0.769. The molecule has 1 atom stereocenters. The number of anilines is 1. The van der Waals surface area contributed by atoms with Crippen molar-refractivity contribution in [2.75, 3.05) is 17.4 Å². The molecule has 3 aromatic rings. The number of nitrogens with zero attached hydrogens (tertiary/aromatic N) is 2. The zero-order valence-electron chi connectivity index (χ0n) is 22.1. The average molecular weight is 556 g/mol. The first-order valence-corrected chi connectivity index (χ1v) is 14.4. The van der Waals surface area contributed by atoms with Gasteiger partial charge in [0.15, 0.2) is 0 Å². The van der Waals surface area contributed by atoms with Crippen molar-refractivity contribution in [3.8, 4) is 0 Å². The minimum atomic E-state index is -4.12. The fourth-order valence-corrected chi connectivity index (χ4v) is 6.08. The van der Waals surface area contributed by atoms with Gasteiger partial charge in [0.2, 0.25) is 11.8 Å². The molecule has 0 aliphatic heterocycles. The largest absolute Gasteiger partial charge is 0.355 e. The van der Waals surface area contributed by atoms with Crippen LogP contribution in [0.4, 0.5) is 5.69 Å². The summed E-state index contributed by atoms with van der Waals surface area (Å²) in [5.41, 5.74) is 2.81. The average Bonchev–Trinajstić information content (AvgIpc) is 2.88. The van der Waals surface area contributed by atoms with Crippen LogP contribution in [0.5, 0.6) is 0 Å². The van der Waals surface area contributed by atoms with Crippen molar-refractivity contribution in [1.82, 2.24) is 10.2 Å². The molecule has 0 fully saturated rings. The molecular weight excluding hydrogens is 522 g/mol. The zero-order valence-corrected chi connectivity index (χ0v) is 23.7. The second-order valence-corrected chi connectivity index (χ2v) is 11.4. The Hall–Kier alpha value is -3.36. The Morgan fingerprint density at radius 3 is 2.26 bits per heavy atom. The Bertz CT molecular complexity index is 1380. The number of hydrogen-bond donors (Lipinski definition) is 1. The highest BCUT2D eigenvalue weighted by Crippen LogP contribution is 2.29. The maximum atomic E-state index is 14.0. The zero-order chi connectivity index (χ0) is 27.9. The second kappa shape index (κ2) is 12.9. The first kappa shape index (κ1) is 29.2. The normalized spacial score (nSPS) is 12.0. The van der Waals surface area contributed by atoms with Crippen LogP contribution in [-0.4, -0.2) is 44.3 Å². The number of nitrogens with one attached hydrogen (secondary N) is 1. The maximum Gasteiger partial charge on any atom is 0.264 e. The number of aryl methyl sites for hydroxylation is 2. The van der Waals surface area contributed by atoms with E-state index in [-0.39, 0.29) is 17.3 Å². The van der Waals surface area contributed by atoms with E-state index in [1.54, 1.807) is 43.3 Å². The lowest BCUT2D eigenvalue weighted by atomic mass is 10.1. The van der Waals surface area contributed by atoms with Crippen molar-refractivity contribution >= 4 is 39.1 Å². The van der Waals surface area contributed by atoms with E-state index in [1.165, 1.54) is 17.0 Å². The van der Waals surface area contributed by atoms with Crippen LogP contribution in [0.2, 0.25) is 5.02 Å². The SMILES string of the molecule is CCNC(=O)C(CC)N(Cc1cccc(C)c1)C(=O)CN(c1ccc(Cl)cc1C)S(=O)(=O)c1ccccc1. The van der Waals surface area contributed by atoms with Crippen LogP contribution in [0.15, 0.2) is 77.7 Å². The van der Waals surface area contributed by atoms with E-state index in [9.17, 15) is 18.0 Å². The number of carbonyl (C=O) groups excluding carboxylic acids is 2.